The Balaban J connectivity index is 1.59. The number of hydrogen-bond donors (Lipinski definition) is 1. The van der Waals surface area contributed by atoms with Gasteiger partial charge in [-0.15, -0.1) is 5.10 Å². The summed E-state index contributed by atoms with van der Waals surface area (Å²) >= 11 is 0. The molecule has 0 bridgehead atoms. The lowest BCUT2D eigenvalue weighted by molar-refractivity contribution is -0.147. The molecule has 1 amide bonds. The van der Waals surface area contributed by atoms with Crippen molar-refractivity contribution in [2.24, 2.45) is 0 Å². The van der Waals surface area contributed by atoms with Crippen LogP contribution in [0.2, 0.25) is 0 Å². The minimum absolute atomic E-state index is 0.0784. The van der Waals surface area contributed by atoms with Gasteiger partial charge in [-0.05, 0) is 57.0 Å². The van der Waals surface area contributed by atoms with Crippen molar-refractivity contribution < 1.29 is 18.7 Å². The highest BCUT2D eigenvalue weighted by Crippen LogP contribution is 2.17. The fourth-order valence-electron chi connectivity index (χ4n) is 3.23. The number of nitrogen functional groups attached to an aromatic ring is 1. The van der Waals surface area contributed by atoms with Gasteiger partial charge in [0.1, 0.15) is 5.82 Å². The van der Waals surface area contributed by atoms with Crippen molar-refractivity contribution in [3.63, 3.8) is 0 Å². The van der Waals surface area contributed by atoms with Gasteiger partial charge in [-0.1, -0.05) is 0 Å². The van der Waals surface area contributed by atoms with Gasteiger partial charge in [0, 0.05) is 30.0 Å². The van der Waals surface area contributed by atoms with Gasteiger partial charge < -0.3 is 15.4 Å². The van der Waals surface area contributed by atoms with Crippen molar-refractivity contribution in [2.45, 2.75) is 33.6 Å². The zero-order valence-corrected chi connectivity index (χ0v) is 17.1. The lowest BCUT2D eigenvalue weighted by Gasteiger charge is -2.20. The largest absolute Gasteiger partial charge is 0.456 e. The smallest absolute Gasteiger partial charge is 0.306 e. The number of benzene rings is 1. The molecule has 2 aromatic heterocycles. The van der Waals surface area contributed by atoms with Crippen LogP contribution in [0.15, 0.2) is 24.3 Å². The molecule has 0 aliphatic rings. The highest BCUT2D eigenvalue weighted by molar-refractivity contribution is 5.95. The van der Waals surface area contributed by atoms with Crippen LogP contribution >= 0.6 is 0 Å². The minimum atomic E-state index is -0.504. The van der Waals surface area contributed by atoms with E-state index in [0.717, 1.165) is 17.0 Å². The first kappa shape index (κ1) is 21.2. The van der Waals surface area contributed by atoms with E-state index < -0.39 is 5.97 Å². The molecule has 0 spiro atoms. The molecule has 0 atom stereocenters. The number of anilines is 2. The van der Waals surface area contributed by atoms with Gasteiger partial charge >= 0.3 is 5.97 Å². The number of esters is 1. The molecule has 0 saturated heterocycles. The second kappa shape index (κ2) is 8.85. The summed E-state index contributed by atoms with van der Waals surface area (Å²) in [7, 11) is 0. The maximum Gasteiger partial charge on any atom is 0.306 e. The Morgan fingerprint density at radius 2 is 1.90 bits per heavy atom. The molecule has 3 rings (SSSR count). The van der Waals surface area contributed by atoms with Crippen LogP contribution in [0.3, 0.4) is 0 Å². The van der Waals surface area contributed by atoms with E-state index in [2.05, 4.69) is 15.1 Å². The summed E-state index contributed by atoms with van der Waals surface area (Å²) in [5, 5.41) is 4.10. The second-order valence-corrected chi connectivity index (χ2v) is 6.72. The van der Waals surface area contributed by atoms with Crippen molar-refractivity contribution in [1.82, 2.24) is 19.6 Å². The zero-order chi connectivity index (χ0) is 21.8. The van der Waals surface area contributed by atoms with Crippen LogP contribution in [0.25, 0.3) is 5.78 Å². The number of rotatable bonds is 7. The summed E-state index contributed by atoms with van der Waals surface area (Å²) in [6, 6.07) is 5.55. The van der Waals surface area contributed by atoms with E-state index in [4.69, 9.17) is 10.5 Å². The normalized spacial score (nSPS) is 10.9. The molecular formula is C20H23FN6O3. The number of carbonyl (C=O) groups excluding carboxylic acids is 2. The fourth-order valence-corrected chi connectivity index (χ4v) is 3.23. The molecule has 9 nitrogen and oxygen atoms in total. The molecule has 3 aromatic rings. The third-order valence-electron chi connectivity index (χ3n) is 4.76. The first-order chi connectivity index (χ1) is 14.3. The predicted molar refractivity (Wildman–Crippen MR) is 108 cm³/mol. The van der Waals surface area contributed by atoms with E-state index in [1.807, 2.05) is 13.8 Å². The van der Waals surface area contributed by atoms with Crippen LogP contribution in [0.4, 0.5) is 16.0 Å². The fraction of sp³-hybridized carbons (Fsp3) is 0.350. The number of amides is 1. The van der Waals surface area contributed by atoms with Crippen molar-refractivity contribution >= 4 is 29.3 Å². The monoisotopic (exact) mass is 414 g/mol. The van der Waals surface area contributed by atoms with E-state index in [9.17, 15) is 14.0 Å². The van der Waals surface area contributed by atoms with Crippen LogP contribution < -0.4 is 10.6 Å². The van der Waals surface area contributed by atoms with Crippen LogP contribution in [0.5, 0.6) is 0 Å². The molecule has 0 saturated carbocycles. The Morgan fingerprint density at radius 1 is 1.20 bits per heavy atom. The van der Waals surface area contributed by atoms with Gasteiger partial charge in [-0.2, -0.15) is 9.50 Å². The average molecular weight is 414 g/mol. The lowest BCUT2D eigenvalue weighted by Crippen LogP contribution is -2.34. The summed E-state index contributed by atoms with van der Waals surface area (Å²) in [6.45, 7) is 5.44. The van der Waals surface area contributed by atoms with E-state index in [-0.39, 0.29) is 30.7 Å². The van der Waals surface area contributed by atoms with Crippen LogP contribution in [0.1, 0.15) is 30.3 Å². The number of hydrogen-bond acceptors (Lipinski definition) is 7. The second-order valence-electron chi connectivity index (χ2n) is 6.72. The lowest BCUT2D eigenvalue weighted by atomic mass is 10.1. The molecular weight excluding hydrogens is 391 g/mol. The number of aryl methyl sites for hydroxylation is 2. The Morgan fingerprint density at radius 3 is 2.57 bits per heavy atom. The molecule has 0 aliphatic carbocycles. The highest BCUT2D eigenvalue weighted by atomic mass is 19.1. The number of ether oxygens (including phenoxy) is 1. The first-order valence-corrected chi connectivity index (χ1v) is 9.50. The van der Waals surface area contributed by atoms with Crippen molar-refractivity contribution in [1.29, 1.82) is 0 Å². The number of likely N-dealkylation sites (N-methyl/N-ethyl adjacent to an activating group) is 1. The molecule has 1 aromatic carbocycles. The third-order valence-corrected chi connectivity index (χ3v) is 4.76. The first-order valence-electron chi connectivity index (χ1n) is 9.50. The Bertz CT molecular complexity index is 1080. The SMILES string of the molecule is CCN(C(=O)COC(=O)CCc1c(C)nc2nc(N)nn2c1C)c1ccc(F)cc1. The molecule has 158 valence electrons. The number of halogens is 1. The Labute approximate surface area is 172 Å². The summed E-state index contributed by atoms with van der Waals surface area (Å²) in [5.74, 6) is -0.747. The van der Waals surface area contributed by atoms with Crippen molar-refractivity contribution in [3.05, 3.63) is 47.0 Å². The van der Waals surface area contributed by atoms with Crippen LogP contribution in [-0.4, -0.2) is 44.6 Å². The number of nitrogens with zero attached hydrogens (tertiary/aromatic N) is 5. The zero-order valence-electron chi connectivity index (χ0n) is 17.1. The Kier molecular flexibility index (Phi) is 6.24. The third kappa shape index (κ3) is 4.53. The number of fused-ring (bicyclic) bond motifs is 1. The molecule has 2 N–H and O–H groups in total. The summed E-state index contributed by atoms with van der Waals surface area (Å²) in [4.78, 5) is 34.4. The molecule has 0 fully saturated rings. The number of aromatic nitrogens is 4. The molecule has 30 heavy (non-hydrogen) atoms. The van der Waals surface area contributed by atoms with Gasteiger partial charge in [0.25, 0.3) is 11.7 Å². The molecule has 10 heteroatoms. The Hall–Kier alpha value is -3.56. The van der Waals surface area contributed by atoms with Gasteiger partial charge in [0.05, 0.1) is 0 Å². The molecule has 2 heterocycles. The summed E-state index contributed by atoms with van der Waals surface area (Å²) in [5.41, 5.74) is 8.52. The molecule has 0 radical (unpaired) electrons. The maximum absolute atomic E-state index is 13.1. The molecule has 0 aliphatic heterocycles. The molecule has 0 unspecified atom stereocenters. The van der Waals surface area contributed by atoms with Gasteiger partial charge in [0.15, 0.2) is 6.61 Å². The highest BCUT2D eigenvalue weighted by Gasteiger charge is 2.18. The van der Waals surface area contributed by atoms with E-state index in [1.165, 1.54) is 33.7 Å². The average Bonchev–Trinajstić information content (AvgIpc) is 3.08. The van der Waals surface area contributed by atoms with Crippen LogP contribution in [0, 0.1) is 19.7 Å². The van der Waals surface area contributed by atoms with E-state index in [1.54, 1.807) is 6.92 Å². The van der Waals surface area contributed by atoms with Crippen molar-refractivity contribution in [2.75, 3.05) is 23.8 Å². The quantitative estimate of drug-likeness (QED) is 0.588. The number of nitrogens with two attached hydrogens (primary N) is 1. The van der Waals surface area contributed by atoms with Gasteiger partial charge in [-0.3, -0.25) is 9.59 Å². The standard InChI is InChI=1S/C20H23FN6O3/c1-4-26(15-7-5-14(21)6-8-15)17(28)11-30-18(29)10-9-16-12(2)23-20-24-19(22)25-27(20)13(16)3/h5-8H,4,9-11H2,1-3H3,(H2,22,25). The van der Waals surface area contributed by atoms with Gasteiger partial charge in [-0.25, -0.2) is 9.37 Å². The van der Waals surface area contributed by atoms with Crippen molar-refractivity contribution in [3.8, 4) is 0 Å². The maximum atomic E-state index is 13.1. The number of carbonyl (C=O) groups is 2. The van der Waals surface area contributed by atoms with Crippen LogP contribution in [-0.2, 0) is 20.7 Å². The van der Waals surface area contributed by atoms with Gasteiger partial charge in [0.2, 0.25) is 5.95 Å². The predicted octanol–water partition coefficient (Wildman–Crippen LogP) is 1.99. The van der Waals surface area contributed by atoms with E-state index >= 15 is 0 Å². The minimum Gasteiger partial charge on any atom is -0.456 e. The summed E-state index contributed by atoms with van der Waals surface area (Å²) < 4.78 is 19.8. The summed E-state index contributed by atoms with van der Waals surface area (Å²) in [6.07, 6.45) is 0.456. The topological polar surface area (TPSA) is 116 Å². The van der Waals surface area contributed by atoms with E-state index in [0.29, 0.717) is 24.4 Å².